The Kier molecular flexibility index (Phi) is 6.22. The summed E-state index contributed by atoms with van der Waals surface area (Å²) in [4.78, 5) is 25.0. The number of carbonyl (C=O) groups is 2. The maximum Gasteiger partial charge on any atom is 0.227 e. The summed E-state index contributed by atoms with van der Waals surface area (Å²) >= 11 is 0. The van der Waals surface area contributed by atoms with Crippen LogP contribution in [0.25, 0.3) is 0 Å². The van der Waals surface area contributed by atoms with Gasteiger partial charge in [-0.3, -0.25) is 9.59 Å². The Morgan fingerprint density at radius 2 is 1.56 bits per heavy atom. The maximum atomic E-state index is 13.2. The molecule has 4 nitrogen and oxygen atoms in total. The summed E-state index contributed by atoms with van der Waals surface area (Å²) in [5, 5.41) is 5.81. The Morgan fingerprint density at radius 1 is 0.926 bits per heavy atom. The predicted molar refractivity (Wildman–Crippen MR) is 105 cm³/mol. The highest BCUT2D eigenvalue weighted by Crippen LogP contribution is 2.31. The molecule has 0 bridgehead atoms. The van der Waals surface area contributed by atoms with Crippen LogP contribution in [0.15, 0.2) is 48.5 Å². The first kappa shape index (κ1) is 19.1. The minimum absolute atomic E-state index is 0.0277. The van der Waals surface area contributed by atoms with Crippen LogP contribution in [0.2, 0.25) is 0 Å². The van der Waals surface area contributed by atoms with Crippen LogP contribution in [0, 0.1) is 17.7 Å². The normalized spacial score (nSPS) is 19.3. The van der Waals surface area contributed by atoms with Crippen molar-refractivity contribution >= 4 is 23.2 Å². The third-order valence-corrected chi connectivity index (χ3v) is 5.22. The molecule has 2 amide bonds. The highest BCUT2D eigenvalue weighted by atomic mass is 19.1. The average Bonchev–Trinajstić information content (AvgIpc) is 2.68. The summed E-state index contributed by atoms with van der Waals surface area (Å²) in [6, 6.07) is 13.7. The molecule has 0 aromatic heterocycles. The van der Waals surface area contributed by atoms with Gasteiger partial charge in [0, 0.05) is 23.2 Å². The lowest BCUT2D eigenvalue weighted by Crippen LogP contribution is -2.32. The number of rotatable bonds is 5. The van der Waals surface area contributed by atoms with Gasteiger partial charge < -0.3 is 10.6 Å². The summed E-state index contributed by atoms with van der Waals surface area (Å²) in [6.45, 7) is 2.06. The van der Waals surface area contributed by atoms with Crippen molar-refractivity contribution < 1.29 is 14.0 Å². The zero-order chi connectivity index (χ0) is 19.2. The van der Waals surface area contributed by atoms with E-state index in [-0.39, 0.29) is 29.5 Å². The number of amides is 2. The molecule has 1 aliphatic rings. The largest absolute Gasteiger partial charge is 0.326 e. The second-order valence-corrected chi connectivity index (χ2v) is 7.05. The van der Waals surface area contributed by atoms with E-state index in [1.807, 2.05) is 24.3 Å². The molecule has 5 heteroatoms. The van der Waals surface area contributed by atoms with Gasteiger partial charge in [0.2, 0.25) is 11.8 Å². The molecule has 142 valence electrons. The zero-order valence-corrected chi connectivity index (χ0v) is 15.5. The second kappa shape index (κ2) is 8.80. The van der Waals surface area contributed by atoms with Crippen LogP contribution >= 0.6 is 0 Å². The SMILES string of the molecule is CCc1ccccc1NC(=O)C1CCC(C(=O)Nc2cccc(F)c2)CC1. The van der Waals surface area contributed by atoms with E-state index in [9.17, 15) is 14.0 Å². The van der Waals surface area contributed by atoms with Crippen molar-refractivity contribution in [2.75, 3.05) is 10.6 Å². The minimum atomic E-state index is -0.375. The third kappa shape index (κ3) is 4.94. The molecule has 2 aromatic rings. The summed E-state index contributed by atoms with van der Waals surface area (Å²) in [7, 11) is 0. The highest BCUT2D eigenvalue weighted by Gasteiger charge is 2.30. The van der Waals surface area contributed by atoms with E-state index in [4.69, 9.17) is 0 Å². The van der Waals surface area contributed by atoms with Crippen LogP contribution in [-0.4, -0.2) is 11.8 Å². The van der Waals surface area contributed by atoms with Crippen LogP contribution in [-0.2, 0) is 16.0 Å². The lowest BCUT2D eigenvalue weighted by atomic mass is 9.81. The molecule has 1 fully saturated rings. The van der Waals surface area contributed by atoms with Gasteiger partial charge in [-0.1, -0.05) is 31.2 Å². The van der Waals surface area contributed by atoms with Crippen LogP contribution in [0.3, 0.4) is 0 Å². The zero-order valence-electron chi connectivity index (χ0n) is 15.5. The van der Waals surface area contributed by atoms with Crippen molar-refractivity contribution in [3.05, 3.63) is 59.9 Å². The molecule has 0 unspecified atom stereocenters. The van der Waals surface area contributed by atoms with E-state index >= 15 is 0 Å². The molecule has 2 N–H and O–H groups in total. The lowest BCUT2D eigenvalue weighted by Gasteiger charge is -2.27. The van der Waals surface area contributed by atoms with Gasteiger partial charge in [0.05, 0.1) is 0 Å². The molecule has 0 atom stereocenters. The number of nitrogens with one attached hydrogen (secondary N) is 2. The summed E-state index contributed by atoms with van der Waals surface area (Å²) in [6.07, 6.45) is 3.55. The molecule has 1 saturated carbocycles. The highest BCUT2D eigenvalue weighted by molar-refractivity contribution is 5.94. The topological polar surface area (TPSA) is 58.2 Å². The number of halogens is 1. The van der Waals surface area contributed by atoms with Gasteiger partial charge in [-0.15, -0.1) is 0 Å². The number of hydrogen-bond donors (Lipinski definition) is 2. The predicted octanol–water partition coefficient (Wildman–Crippen LogP) is 4.77. The first-order valence-electron chi connectivity index (χ1n) is 9.52. The molecular formula is C22H25FN2O2. The quantitative estimate of drug-likeness (QED) is 0.798. The fraction of sp³-hybridized carbons (Fsp3) is 0.364. The molecule has 0 radical (unpaired) electrons. The van der Waals surface area contributed by atoms with E-state index in [1.54, 1.807) is 12.1 Å². The molecule has 0 heterocycles. The first-order valence-corrected chi connectivity index (χ1v) is 9.52. The van der Waals surface area contributed by atoms with Crippen molar-refractivity contribution in [1.29, 1.82) is 0 Å². The van der Waals surface area contributed by atoms with Crippen molar-refractivity contribution in [3.63, 3.8) is 0 Å². The van der Waals surface area contributed by atoms with Crippen molar-refractivity contribution in [1.82, 2.24) is 0 Å². The van der Waals surface area contributed by atoms with Crippen molar-refractivity contribution in [3.8, 4) is 0 Å². The maximum absolute atomic E-state index is 13.2. The van der Waals surface area contributed by atoms with Gasteiger partial charge in [-0.2, -0.15) is 0 Å². The van der Waals surface area contributed by atoms with Gasteiger partial charge in [-0.25, -0.2) is 4.39 Å². The van der Waals surface area contributed by atoms with Crippen molar-refractivity contribution in [2.24, 2.45) is 11.8 Å². The van der Waals surface area contributed by atoms with E-state index < -0.39 is 0 Å². The Hall–Kier alpha value is -2.69. The average molecular weight is 368 g/mol. The van der Waals surface area contributed by atoms with Gasteiger partial charge in [0.1, 0.15) is 5.82 Å². The van der Waals surface area contributed by atoms with Gasteiger partial charge in [0.25, 0.3) is 0 Å². The fourth-order valence-electron chi connectivity index (χ4n) is 3.61. The van der Waals surface area contributed by atoms with E-state index in [0.717, 1.165) is 17.7 Å². The molecule has 0 saturated heterocycles. The fourth-order valence-corrected chi connectivity index (χ4v) is 3.61. The first-order chi connectivity index (χ1) is 13.1. The number of hydrogen-bond acceptors (Lipinski definition) is 2. The number of benzene rings is 2. The monoisotopic (exact) mass is 368 g/mol. The number of para-hydroxylation sites is 1. The van der Waals surface area contributed by atoms with Crippen molar-refractivity contribution in [2.45, 2.75) is 39.0 Å². The smallest absolute Gasteiger partial charge is 0.227 e. The Labute approximate surface area is 159 Å². The van der Waals surface area contributed by atoms with Crippen LogP contribution < -0.4 is 10.6 Å². The molecule has 1 aliphatic carbocycles. The Morgan fingerprint density at radius 3 is 2.19 bits per heavy atom. The summed E-state index contributed by atoms with van der Waals surface area (Å²) < 4.78 is 13.2. The standard InChI is InChI=1S/C22H25FN2O2/c1-2-15-6-3-4-9-20(15)25-22(27)17-12-10-16(11-13-17)21(26)24-19-8-5-7-18(23)14-19/h3-9,14,16-17H,2,10-13H2,1H3,(H,24,26)(H,25,27). The third-order valence-electron chi connectivity index (χ3n) is 5.22. The number of aryl methyl sites for hydroxylation is 1. The minimum Gasteiger partial charge on any atom is -0.326 e. The van der Waals surface area contributed by atoms with E-state index in [2.05, 4.69) is 17.6 Å². The van der Waals surface area contributed by atoms with E-state index in [0.29, 0.717) is 31.4 Å². The van der Waals surface area contributed by atoms with Crippen LogP contribution in [0.5, 0.6) is 0 Å². The summed E-state index contributed by atoms with van der Waals surface area (Å²) in [5.74, 6) is -0.662. The van der Waals surface area contributed by atoms with Gasteiger partial charge in [0.15, 0.2) is 0 Å². The Bertz CT molecular complexity index is 813. The van der Waals surface area contributed by atoms with Crippen LogP contribution in [0.1, 0.15) is 38.2 Å². The number of carbonyl (C=O) groups excluding carboxylic acids is 2. The van der Waals surface area contributed by atoms with Crippen LogP contribution in [0.4, 0.5) is 15.8 Å². The second-order valence-electron chi connectivity index (χ2n) is 7.05. The Balaban J connectivity index is 1.52. The number of anilines is 2. The molecule has 0 aliphatic heterocycles. The lowest BCUT2D eigenvalue weighted by molar-refractivity contribution is -0.125. The molecule has 0 spiro atoms. The molecule has 2 aromatic carbocycles. The molecule has 27 heavy (non-hydrogen) atoms. The van der Waals surface area contributed by atoms with Gasteiger partial charge >= 0.3 is 0 Å². The van der Waals surface area contributed by atoms with E-state index in [1.165, 1.54) is 12.1 Å². The summed E-state index contributed by atoms with van der Waals surface area (Å²) in [5.41, 5.74) is 2.46. The molecular weight excluding hydrogens is 343 g/mol. The molecule has 3 rings (SSSR count). The van der Waals surface area contributed by atoms with Gasteiger partial charge in [-0.05, 0) is 61.9 Å².